The Labute approximate surface area is 335 Å². The Hall–Kier alpha value is -4.97. The summed E-state index contributed by atoms with van der Waals surface area (Å²) in [6.45, 7) is 6.85. The number of ether oxygens (including phenoxy) is 4. The molecule has 0 aromatic heterocycles. The van der Waals surface area contributed by atoms with Crippen molar-refractivity contribution in [3.63, 3.8) is 0 Å². The molecule has 1 fully saturated rings. The van der Waals surface area contributed by atoms with Crippen LogP contribution in [0.2, 0.25) is 0 Å². The molecule has 1 heterocycles. The summed E-state index contributed by atoms with van der Waals surface area (Å²) in [5, 5.41) is 24.3. The number of fused-ring (bicyclic) bond motifs is 2. The zero-order valence-corrected chi connectivity index (χ0v) is 33.1. The van der Waals surface area contributed by atoms with Crippen LogP contribution in [0, 0.1) is 17.8 Å². The maximum atomic E-state index is 14.4. The minimum Gasteiger partial charge on any atom is -0.459 e. The van der Waals surface area contributed by atoms with E-state index in [1.165, 1.54) is 7.11 Å². The number of aliphatic hydroxyl groups excluding tert-OH is 2. The van der Waals surface area contributed by atoms with Crippen molar-refractivity contribution in [2.45, 2.75) is 82.6 Å². The number of benzene rings is 3. The topological polar surface area (TPSA) is 136 Å². The number of hydrogen-bond acceptors (Lipinski definition) is 10. The van der Waals surface area contributed by atoms with Crippen molar-refractivity contribution in [2.24, 2.45) is 22.9 Å². The van der Waals surface area contributed by atoms with Gasteiger partial charge in [0.05, 0.1) is 18.2 Å². The van der Waals surface area contributed by atoms with Crippen LogP contribution in [-0.2, 0) is 20.9 Å². The van der Waals surface area contributed by atoms with E-state index in [0.717, 1.165) is 48.7 Å². The van der Waals surface area contributed by atoms with E-state index in [1.54, 1.807) is 29.2 Å². The van der Waals surface area contributed by atoms with Gasteiger partial charge in [0.25, 0.3) is 0 Å². The van der Waals surface area contributed by atoms with Gasteiger partial charge < -0.3 is 34.0 Å². The summed E-state index contributed by atoms with van der Waals surface area (Å²) in [4.78, 5) is 33.2. The van der Waals surface area contributed by atoms with Crippen molar-refractivity contribution in [1.29, 1.82) is 0 Å². The zero-order valence-electron chi connectivity index (χ0n) is 33.1. The third-order valence-electron chi connectivity index (χ3n) is 11.4. The van der Waals surface area contributed by atoms with E-state index in [4.69, 9.17) is 23.8 Å². The Kier molecular flexibility index (Phi) is 14.6. The van der Waals surface area contributed by atoms with E-state index in [1.807, 2.05) is 61.5 Å². The molecular formula is C46H56N2O9. The van der Waals surface area contributed by atoms with Gasteiger partial charge >= 0.3 is 6.09 Å². The summed E-state index contributed by atoms with van der Waals surface area (Å²) in [5.74, 6) is -0.196. The van der Waals surface area contributed by atoms with Gasteiger partial charge in [0.2, 0.25) is 5.79 Å². The first-order valence-corrected chi connectivity index (χ1v) is 20.2. The molecule has 3 aromatic rings. The zero-order chi connectivity index (χ0) is 40.2. The van der Waals surface area contributed by atoms with E-state index in [2.05, 4.69) is 17.8 Å². The normalized spacial score (nSPS) is 24.0. The minimum absolute atomic E-state index is 0.0548. The number of carbonyl (C=O) groups is 2. The summed E-state index contributed by atoms with van der Waals surface area (Å²) in [5.41, 5.74) is 3.96. The van der Waals surface area contributed by atoms with Gasteiger partial charge in [-0.25, -0.2) is 4.79 Å². The highest BCUT2D eigenvalue weighted by molar-refractivity contribution is 6.03. The van der Waals surface area contributed by atoms with Crippen LogP contribution in [0.1, 0.15) is 85.7 Å². The molecule has 1 amide bonds. The molecular weight excluding hydrogens is 725 g/mol. The maximum absolute atomic E-state index is 14.4. The minimum atomic E-state index is -1.39. The van der Waals surface area contributed by atoms with Gasteiger partial charge in [-0.15, -0.1) is 6.58 Å². The third kappa shape index (κ3) is 9.27. The van der Waals surface area contributed by atoms with Gasteiger partial charge in [-0.1, -0.05) is 79.5 Å². The second-order valence-electron chi connectivity index (χ2n) is 15.0. The number of oxime groups is 1. The predicted molar refractivity (Wildman–Crippen MR) is 217 cm³/mol. The first-order chi connectivity index (χ1) is 27.9. The quantitative estimate of drug-likeness (QED) is 0.0500. The second kappa shape index (κ2) is 19.9. The molecule has 2 aliphatic carbocycles. The number of rotatable bonds is 20. The summed E-state index contributed by atoms with van der Waals surface area (Å²) in [7, 11) is 1.53. The number of unbranched alkanes of at least 4 members (excludes halogenated alkanes) is 2. The molecule has 1 saturated carbocycles. The molecule has 6 atom stereocenters. The smallest absolute Gasteiger partial charge is 0.410 e. The van der Waals surface area contributed by atoms with Crippen LogP contribution in [-0.4, -0.2) is 78.5 Å². The van der Waals surface area contributed by atoms with Crippen molar-refractivity contribution in [3.05, 3.63) is 114 Å². The lowest BCUT2D eigenvalue weighted by Gasteiger charge is -2.59. The molecule has 1 aliphatic heterocycles. The van der Waals surface area contributed by atoms with Crippen LogP contribution in [0.15, 0.2) is 102 Å². The number of hydrogen-bond donors (Lipinski definition) is 2. The number of allylic oxidation sites excluding steroid dienone is 1. The van der Waals surface area contributed by atoms with Crippen LogP contribution < -0.4 is 9.47 Å². The molecule has 0 bridgehead atoms. The second-order valence-corrected chi connectivity index (χ2v) is 15.0. The molecule has 0 saturated heterocycles. The van der Waals surface area contributed by atoms with E-state index >= 15 is 0 Å². The Bertz CT molecular complexity index is 1880. The number of aliphatic hydroxyl groups is 2. The van der Waals surface area contributed by atoms with Gasteiger partial charge in [0.1, 0.15) is 43.3 Å². The fourth-order valence-corrected chi connectivity index (χ4v) is 9.03. The predicted octanol–water partition coefficient (Wildman–Crippen LogP) is 8.60. The molecule has 3 aliphatic rings. The van der Waals surface area contributed by atoms with Gasteiger partial charge in [0.15, 0.2) is 0 Å². The largest absolute Gasteiger partial charge is 0.459 e. The summed E-state index contributed by atoms with van der Waals surface area (Å²) >= 11 is 0. The van der Waals surface area contributed by atoms with Crippen molar-refractivity contribution in [2.75, 3.05) is 33.5 Å². The monoisotopic (exact) mass is 780 g/mol. The van der Waals surface area contributed by atoms with E-state index in [0.29, 0.717) is 54.3 Å². The molecule has 0 unspecified atom stereocenters. The number of carbonyl (C=O) groups excluding carboxylic acids is 2. The summed E-state index contributed by atoms with van der Waals surface area (Å²) in [6, 6.07) is 21.7. The highest BCUT2D eigenvalue weighted by Crippen LogP contribution is 2.62. The van der Waals surface area contributed by atoms with Gasteiger partial charge in [-0.3, -0.25) is 9.69 Å². The lowest BCUT2D eigenvalue weighted by molar-refractivity contribution is -0.255. The van der Waals surface area contributed by atoms with Crippen LogP contribution in [0.25, 0.3) is 0 Å². The Morgan fingerprint density at radius 1 is 1.00 bits per heavy atom. The van der Waals surface area contributed by atoms with Gasteiger partial charge in [-0.2, -0.15) is 0 Å². The highest BCUT2D eigenvalue weighted by Gasteiger charge is 2.65. The molecule has 0 radical (unpaired) electrons. The van der Waals surface area contributed by atoms with E-state index in [9.17, 15) is 19.8 Å². The van der Waals surface area contributed by atoms with Crippen LogP contribution in [0.3, 0.4) is 0 Å². The number of aldehydes is 1. The first kappa shape index (κ1) is 41.7. The molecule has 57 heavy (non-hydrogen) atoms. The standard InChI is InChI=1S/C46H56N2O9/c1-4-22-48(45(52)54-31-32-14-7-6-8-15-32)42-29-40(47-53-3)38-27-34(17-9-11-23-49)37(19-10-12-24-50)43-39-28-36(56-35-18-13-16-33(26-35)30-51)20-21-41(39)57-46(42,44(38)43)55-25-5-2/h5-8,13-16,18,20-21,26-28,30,34,37,42-44,49-50H,2,4,9-12,17,19,22-25,29,31H2,1,3H3/t34-,37+,42-,43+,44+,46+/m0/s1. The molecule has 11 heteroatoms. The Morgan fingerprint density at radius 2 is 1.77 bits per heavy atom. The van der Waals surface area contributed by atoms with Crippen LogP contribution in [0.4, 0.5) is 4.79 Å². The van der Waals surface area contributed by atoms with Crippen LogP contribution in [0.5, 0.6) is 17.2 Å². The fourth-order valence-electron chi connectivity index (χ4n) is 9.03. The lowest BCUT2D eigenvalue weighted by Crippen LogP contribution is -2.70. The maximum Gasteiger partial charge on any atom is 0.410 e. The number of nitrogens with zero attached hydrogens (tertiary/aromatic N) is 2. The summed E-state index contributed by atoms with van der Waals surface area (Å²) in [6.07, 6.45) is 9.84. The Morgan fingerprint density at radius 3 is 2.49 bits per heavy atom. The molecule has 0 spiro atoms. The number of amides is 1. The average molecular weight is 781 g/mol. The van der Waals surface area contributed by atoms with Crippen molar-refractivity contribution >= 4 is 18.1 Å². The highest BCUT2D eigenvalue weighted by atomic mass is 16.7. The SMILES string of the molecule is C=CCO[C@@]12Oc3ccc(Oc4cccc(C=O)c4)cc3[C@H]3[C@H](CCCCO)[C@@H](CCCCO)C=C(C(=NOC)C[C@@H]1N(CCC)C(=O)OCc1ccccc1)[C@H]32. The molecule has 11 nitrogen and oxygen atoms in total. The lowest BCUT2D eigenvalue weighted by atomic mass is 9.55. The van der Waals surface area contributed by atoms with Crippen molar-refractivity contribution < 1.29 is 43.6 Å². The fraction of sp³-hybridized carbons (Fsp3) is 0.457. The van der Waals surface area contributed by atoms with E-state index < -0.39 is 23.8 Å². The van der Waals surface area contributed by atoms with Crippen LogP contribution >= 0.6 is 0 Å². The summed E-state index contributed by atoms with van der Waals surface area (Å²) < 4.78 is 26.7. The molecule has 304 valence electrons. The third-order valence-corrected chi connectivity index (χ3v) is 11.4. The molecule has 6 rings (SSSR count). The van der Waals surface area contributed by atoms with Gasteiger partial charge in [-0.05, 0) is 85.4 Å². The van der Waals surface area contributed by atoms with E-state index in [-0.39, 0.29) is 50.6 Å². The van der Waals surface area contributed by atoms with Crippen molar-refractivity contribution in [3.8, 4) is 17.2 Å². The Balaban J connectivity index is 1.54. The first-order valence-electron chi connectivity index (χ1n) is 20.2. The molecule has 3 aromatic carbocycles. The van der Waals surface area contributed by atoms with Crippen molar-refractivity contribution in [1.82, 2.24) is 4.90 Å². The van der Waals surface area contributed by atoms with Gasteiger partial charge in [0, 0.05) is 43.2 Å². The molecule has 2 N–H and O–H groups in total. The average Bonchev–Trinajstić information content (AvgIpc) is 3.23.